The molecule has 4 heteroatoms. The molecule has 32 heavy (non-hydrogen) atoms. The molecule has 0 aromatic heterocycles. The van der Waals surface area contributed by atoms with Crippen molar-refractivity contribution in [3.63, 3.8) is 0 Å². The van der Waals surface area contributed by atoms with Crippen LogP contribution in [0.4, 0.5) is 4.39 Å². The van der Waals surface area contributed by atoms with Gasteiger partial charge in [0.15, 0.2) is 0 Å². The summed E-state index contributed by atoms with van der Waals surface area (Å²) in [5.74, 6) is 1.54. The van der Waals surface area contributed by atoms with E-state index in [1.54, 1.807) is 13.0 Å². The van der Waals surface area contributed by atoms with Crippen LogP contribution >= 0.6 is 0 Å². The van der Waals surface area contributed by atoms with Crippen LogP contribution in [0, 0.1) is 18.7 Å². The number of aryl methyl sites for hydroxylation is 1. The third-order valence-corrected chi connectivity index (χ3v) is 6.74. The SMILES string of the molecule is CCCC.CC[C@H]1CCN(C2=CN3C(=NC(c4ccc(C)c(F)c4)=CC3=C3CC3)C=C2)C1. The second kappa shape index (κ2) is 9.89. The van der Waals surface area contributed by atoms with Gasteiger partial charge in [0.2, 0.25) is 0 Å². The van der Waals surface area contributed by atoms with E-state index in [-0.39, 0.29) is 5.82 Å². The summed E-state index contributed by atoms with van der Waals surface area (Å²) >= 11 is 0. The fraction of sp³-hybridized carbons (Fsp3) is 0.464. The third kappa shape index (κ3) is 4.90. The predicted octanol–water partition coefficient (Wildman–Crippen LogP) is 7.19. The van der Waals surface area contributed by atoms with Crippen LogP contribution in [-0.4, -0.2) is 28.7 Å². The van der Waals surface area contributed by atoms with Crippen LogP contribution in [0.25, 0.3) is 5.70 Å². The molecular weight excluding hydrogens is 397 g/mol. The maximum atomic E-state index is 14.1. The summed E-state index contributed by atoms with van der Waals surface area (Å²) in [6.45, 7) is 10.7. The molecule has 0 N–H and O–H groups in total. The molecule has 2 fully saturated rings. The molecule has 5 rings (SSSR count). The number of halogens is 1. The Kier molecular flexibility index (Phi) is 6.98. The highest BCUT2D eigenvalue weighted by atomic mass is 19.1. The van der Waals surface area contributed by atoms with Crippen LogP contribution < -0.4 is 0 Å². The number of nitrogens with zero attached hydrogens (tertiary/aromatic N) is 3. The summed E-state index contributed by atoms with van der Waals surface area (Å²) in [6, 6.07) is 5.38. The zero-order valence-corrected chi connectivity index (χ0v) is 20.0. The molecule has 3 heterocycles. The second-order valence-electron chi connectivity index (χ2n) is 9.22. The normalized spacial score (nSPS) is 21.5. The van der Waals surface area contributed by atoms with E-state index in [9.17, 15) is 4.39 Å². The molecule has 1 aromatic carbocycles. The molecule has 0 radical (unpaired) electrons. The Bertz CT molecular complexity index is 1000. The molecule has 3 nitrogen and oxygen atoms in total. The minimum absolute atomic E-state index is 0.178. The lowest BCUT2D eigenvalue weighted by atomic mass is 10.1. The van der Waals surface area contributed by atoms with Gasteiger partial charge >= 0.3 is 0 Å². The van der Waals surface area contributed by atoms with Crippen molar-refractivity contribution >= 4 is 11.5 Å². The number of hydrogen-bond acceptors (Lipinski definition) is 3. The topological polar surface area (TPSA) is 18.8 Å². The summed E-state index contributed by atoms with van der Waals surface area (Å²) in [6.07, 6.45) is 16.1. The summed E-state index contributed by atoms with van der Waals surface area (Å²) in [7, 11) is 0. The molecule has 1 atom stereocenters. The van der Waals surface area contributed by atoms with Crippen LogP contribution in [0.2, 0.25) is 0 Å². The van der Waals surface area contributed by atoms with E-state index in [1.165, 1.54) is 42.7 Å². The average molecular weight is 434 g/mol. The number of aliphatic imine (C=N–C) groups is 1. The van der Waals surface area contributed by atoms with Crippen molar-refractivity contribution < 1.29 is 4.39 Å². The lowest BCUT2D eigenvalue weighted by molar-refractivity contribution is 0.403. The quantitative estimate of drug-likeness (QED) is 0.500. The predicted molar refractivity (Wildman–Crippen MR) is 132 cm³/mol. The van der Waals surface area contributed by atoms with Crippen LogP contribution in [-0.2, 0) is 0 Å². The highest BCUT2D eigenvalue weighted by Crippen LogP contribution is 2.39. The van der Waals surface area contributed by atoms with E-state index < -0.39 is 0 Å². The number of fused-ring (bicyclic) bond motifs is 1. The van der Waals surface area contributed by atoms with E-state index in [0.717, 1.165) is 48.9 Å². The Labute approximate surface area is 192 Å². The summed E-state index contributed by atoms with van der Waals surface area (Å²) in [4.78, 5) is 9.57. The van der Waals surface area contributed by atoms with E-state index in [1.807, 2.05) is 12.1 Å². The number of benzene rings is 1. The zero-order valence-electron chi connectivity index (χ0n) is 20.0. The van der Waals surface area contributed by atoms with Gasteiger partial charge in [-0.15, -0.1) is 0 Å². The van der Waals surface area contributed by atoms with Crippen LogP contribution in [0.5, 0.6) is 0 Å². The molecule has 1 saturated heterocycles. The van der Waals surface area contributed by atoms with Gasteiger partial charge in [-0.2, -0.15) is 0 Å². The molecule has 0 bridgehead atoms. The van der Waals surface area contributed by atoms with E-state index >= 15 is 0 Å². The van der Waals surface area contributed by atoms with Crippen molar-refractivity contribution in [2.75, 3.05) is 13.1 Å². The molecular formula is C28H36FN3. The minimum Gasteiger partial charge on any atom is -0.370 e. The molecule has 170 valence electrons. The Morgan fingerprint density at radius 1 is 1.09 bits per heavy atom. The lowest BCUT2D eigenvalue weighted by Gasteiger charge is -2.32. The van der Waals surface area contributed by atoms with Gasteiger partial charge in [0.1, 0.15) is 11.7 Å². The molecule has 1 saturated carbocycles. The monoisotopic (exact) mass is 433 g/mol. The summed E-state index contributed by atoms with van der Waals surface area (Å²) in [5, 5.41) is 0. The first-order chi connectivity index (χ1) is 15.5. The molecule has 0 unspecified atom stereocenters. The summed E-state index contributed by atoms with van der Waals surface area (Å²) in [5.41, 5.74) is 6.28. The number of unbranched alkanes of at least 4 members (excludes halogenated alkanes) is 1. The maximum Gasteiger partial charge on any atom is 0.137 e. The van der Waals surface area contributed by atoms with Gasteiger partial charge in [-0.1, -0.05) is 52.2 Å². The fourth-order valence-corrected chi connectivity index (χ4v) is 4.20. The molecule has 1 aromatic rings. The van der Waals surface area contributed by atoms with Crippen molar-refractivity contribution in [3.8, 4) is 0 Å². The second-order valence-corrected chi connectivity index (χ2v) is 9.22. The standard InChI is InChI=1S/C24H26FN3.C4H10/c1-3-17-10-11-27(14-17)20-8-9-24-26-22(19-5-4-16(2)21(25)12-19)13-23(18-6-7-18)28(24)15-20;1-3-4-2/h4-5,8-9,12-13,15,17H,3,6-7,10-11,14H2,1-2H3;3-4H2,1-2H3/t17-;/m0./s1. The third-order valence-electron chi connectivity index (χ3n) is 6.74. The van der Waals surface area contributed by atoms with Crippen molar-refractivity contribution in [2.45, 2.75) is 66.2 Å². The Hall–Kier alpha value is -2.62. The van der Waals surface area contributed by atoms with Crippen molar-refractivity contribution in [3.05, 3.63) is 76.5 Å². The van der Waals surface area contributed by atoms with Crippen molar-refractivity contribution in [1.82, 2.24) is 9.80 Å². The number of amidine groups is 1. The van der Waals surface area contributed by atoms with Crippen molar-refractivity contribution in [2.24, 2.45) is 10.9 Å². The number of likely N-dealkylation sites (tertiary alicyclic amines) is 1. The van der Waals surface area contributed by atoms with Crippen molar-refractivity contribution in [1.29, 1.82) is 0 Å². The van der Waals surface area contributed by atoms with Crippen LogP contribution in [0.3, 0.4) is 0 Å². The van der Waals surface area contributed by atoms with E-state index in [0.29, 0.717) is 5.56 Å². The highest BCUT2D eigenvalue weighted by Gasteiger charge is 2.30. The number of hydrogen-bond donors (Lipinski definition) is 0. The highest BCUT2D eigenvalue weighted by molar-refractivity contribution is 6.02. The maximum absolute atomic E-state index is 14.1. The Morgan fingerprint density at radius 3 is 2.50 bits per heavy atom. The van der Waals surface area contributed by atoms with Gasteiger partial charge in [-0.05, 0) is 67.5 Å². The van der Waals surface area contributed by atoms with Gasteiger partial charge in [0.25, 0.3) is 0 Å². The summed E-state index contributed by atoms with van der Waals surface area (Å²) < 4.78 is 14.1. The first-order valence-corrected chi connectivity index (χ1v) is 12.3. The average Bonchev–Trinajstić information content (AvgIpc) is 3.56. The molecule has 3 aliphatic heterocycles. The minimum atomic E-state index is -0.178. The Morgan fingerprint density at radius 2 is 1.88 bits per heavy atom. The molecule has 0 spiro atoms. The smallest absolute Gasteiger partial charge is 0.137 e. The fourth-order valence-electron chi connectivity index (χ4n) is 4.20. The number of rotatable bonds is 4. The molecule has 0 amide bonds. The first-order valence-electron chi connectivity index (χ1n) is 12.3. The van der Waals surface area contributed by atoms with E-state index in [2.05, 4.69) is 55.0 Å². The van der Waals surface area contributed by atoms with Gasteiger partial charge in [-0.25, -0.2) is 9.38 Å². The molecule has 4 aliphatic rings. The van der Waals surface area contributed by atoms with E-state index in [4.69, 9.17) is 4.99 Å². The molecule has 1 aliphatic carbocycles. The van der Waals surface area contributed by atoms with Gasteiger partial charge in [0.05, 0.1) is 11.4 Å². The Balaban J connectivity index is 0.000000567. The zero-order chi connectivity index (χ0) is 22.7. The van der Waals surface area contributed by atoms with Crippen LogP contribution in [0.1, 0.15) is 70.4 Å². The largest absolute Gasteiger partial charge is 0.370 e. The van der Waals surface area contributed by atoms with Gasteiger partial charge in [-0.3, -0.25) is 4.90 Å². The first kappa shape index (κ1) is 22.6. The lowest BCUT2D eigenvalue weighted by Crippen LogP contribution is -2.31. The van der Waals surface area contributed by atoms with Gasteiger partial charge < -0.3 is 4.90 Å². The number of allylic oxidation sites excluding steroid dienone is 3. The van der Waals surface area contributed by atoms with Crippen LogP contribution in [0.15, 0.2) is 64.6 Å². The van der Waals surface area contributed by atoms with Gasteiger partial charge in [0, 0.05) is 30.5 Å².